The van der Waals surface area contributed by atoms with Gasteiger partial charge in [-0.25, -0.2) is 0 Å². The number of phosphoric ester groups is 1. The van der Waals surface area contributed by atoms with Crippen molar-refractivity contribution in [1.82, 2.24) is 6.15 Å². The topological polar surface area (TPSA) is 139 Å². The first-order valence-corrected chi connectivity index (χ1v) is 8.19. The summed E-state index contributed by atoms with van der Waals surface area (Å²) in [7, 11) is -4.74. The van der Waals surface area contributed by atoms with Gasteiger partial charge in [0.05, 0.1) is 14.4 Å². The van der Waals surface area contributed by atoms with Crippen LogP contribution in [0.5, 0.6) is 0 Å². The van der Waals surface area contributed by atoms with Gasteiger partial charge in [0.2, 0.25) is 0 Å². The van der Waals surface area contributed by atoms with Crippen LogP contribution in [0.4, 0.5) is 0 Å². The van der Waals surface area contributed by atoms with Crippen LogP contribution in [0.3, 0.4) is 0 Å². The molecule has 0 aromatic carbocycles. The molecule has 0 aliphatic rings. The van der Waals surface area contributed by atoms with E-state index < -0.39 is 7.82 Å². The Labute approximate surface area is 194 Å². The van der Waals surface area contributed by atoms with Crippen LogP contribution in [-0.2, 0) is 9.09 Å². The van der Waals surface area contributed by atoms with Crippen molar-refractivity contribution in [3.63, 3.8) is 0 Å². The Bertz CT molecular complexity index is 222. The van der Waals surface area contributed by atoms with Gasteiger partial charge in [-0.3, -0.25) is 0 Å². The van der Waals surface area contributed by atoms with Crippen LogP contribution in [0.1, 0.15) is 71.1 Å². The van der Waals surface area contributed by atoms with Crippen molar-refractivity contribution in [2.45, 2.75) is 71.1 Å². The average molecular weight is 361 g/mol. The predicted octanol–water partition coefficient (Wildman–Crippen LogP) is -3.04. The van der Waals surface area contributed by atoms with Gasteiger partial charge in [-0.05, 0) is 6.42 Å². The summed E-state index contributed by atoms with van der Waals surface area (Å²) in [5.41, 5.74) is 0. The Hall–Kier alpha value is 2.67. The largest absolute Gasteiger partial charge is 1.00 e. The third kappa shape index (κ3) is 34.9. The minimum atomic E-state index is -4.74. The van der Waals surface area contributed by atoms with Gasteiger partial charge in [-0.15, -0.1) is 0 Å². The molecule has 0 unspecified atom stereocenters. The molecule has 5 N–H and O–H groups in total. The summed E-state index contributed by atoms with van der Waals surface area (Å²) in [6.07, 6.45) is 11.7. The monoisotopic (exact) mass is 361 g/mol. The van der Waals surface area contributed by atoms with E-state index in [4.69, 9.17) is 0 Å². The molecule has 0 saturated heterocycles. The van der Waals surface area contributed by atoms with E-state index in [-0.39, 0.29) is 99.2 Å². The van der Waals surface area contributed by atoms with Crippen LogP contribution >= 0.6 is 7.82 Å². The zero-order chi connectivity index (χ0) is 13.0. The summed E-state index contributed by atoms with van der Waals surface area (Å²) >= 11 is 0. The number of quaternary nitrogens is 1. The van der Waals surface area contributed by atoms with E-state index in [1.807, 2.05) is 0 Å². The quantitative estimate of drug-likeness (QED) is 0.224. The molecule has 0 aliphatic carbocycles. The zero-order valence-corrected chi connectivity index (χ0v) is 20.3. The maximum Gasteiger partial charge on any atom is 1.00 e. The van der Waals surface area contributed by atoms with Crippen molar-refractivity contribution in [3.05, 3.63) is 0 Å². The van der Waals surface area contributed by atoms with E-state index in [1.54, 1.807) is 0 Å². The van der Waals surface area contributed by atoms with Crippen LogP contribution < -0.4 is 96.9 Å². The maximum atomic E-state index is 10.1. The van der Waals surface area contributed by atoms with Gasteiger partial charge in [0.25, 0.3) is 0 Å². The van der Waals surface area contributed by atoms with E-state index >= 15 is 0 Å². The molecular formula is C12H30KNNaO5P. The second-order valence-electron chi connectivity index (χ2n) is 4.46. The van der Waals surface area contributed by atoms with Crippen LogP contribution in [0.2, 0.25) is 0 Å². The van der Waals surface area contributed by atoms with Gasteiger partial charge in [0.1, 0.15) is 0 Å². The minimum Gasteiger partial charge on any atom is -0.870 e. The Morgan fingerprint density at radius 1 is 0.857 bits per heavy atom. The van der Waals surface area contributed by atoms with Crippen molar-refractivity contribution in [2.24, 2.45) is 0 Å². The van der Waals surface area contributed by atoms with Gasteiger partial charge in [-0.2, -0.15) is 0 Å². The molecule has 21 heavy (non-hydrogen) atoms. The molecule has 0 heterocycles. The molecule has 0 aromatic heterocycles. The van der Waals surface area contributed by atoms with Gasteiger partial charge in [0.15, 0.2) is 0 Å². The van der Waals surface area contributed by atoms with Crippen molar-refractivity contribution >= 4 is 7.82 Å². The zero-order valence-electron chi connectivity index (χ0n) is 14.3. The number of hydrogen-bond donors (Lipinski definition) is 1. The van der Waals surface area contributed by atoms with Gasteiger partial charge < -0.3 is 30.5 Å². The van der Waals surface area contributed by atoms with E-state index in [1.165, 1.54) is 44.9 Å². The Morgan fingerprint density at radius 2 is 1.19 bits per heavy atom. The SMILES string of the molecule is CCCCCCCCCCCCOP(=O)([O-])[O-].[K+].[NH4+].[Na+].[OH-]. The van der Waals surface area contributed by atoms with Gasteiger partial charge in [0, 0.05) is 0 Å². The summed E-state index contributed by atoms with van der Waals surface area (Å²) in [6.45, 7) is 2.26. The first-order valence-electron chi connectivity index (χ1n) is 6.73. The number of unbranched alkanes of at least 4 members (excludes halogenated alkanes) is 9. The second kappa shape index (κ2) is 24.9. The molecule has 0 atom stereocenters. The fourth-order valence-corrected chi connectivity index (χ4v) is 2.12. The van der Waals surface area contributed by atoms with Crippen LogP contribution in [0.25, 0.3) is 0 Å². The third-order valence-corrected chi connectivity index (χ3v) is 3.25. The maximum absolute atomic E-state index is 10.1. The predicted molar refractivity (Wildman–Crippen MR) is 73.3 cm³/mol. The van der Waals surface area contributed by atoms with Crippen molar-refractivity contribution in [2.75, 3.05) is 6.61 Å². The number of phosphoric acid groups is 1. The molecule has 0 fully saturated rings. The van der Waals surface area contributed by atoms with Crippen molar-refractivity contribution < 1.29 is 105 Å². The molecule has 0 saturated carbocycles. The van der Waals surface area contributed by atoms with Crippen LogP contribution in [-0.4, -0.2) is 12.1 Å². The van der Waals surface area contributed by atoms with Crippen LogP contribution in [0.15, 0.2) is 0 Å². The second-order valence-corrected chi connectivity index (χ2v) is 5.62. The molecule has 0 radical (unpaired) electrons. The fourth-order valence-electron chi connectivity index (χ4n) is 1.77. The summed E-state index contributed by atoms with van der Waals surface area (Å²) in [5, 5.41) is 0. The molecule has 0 amide bonds. The van der Waals surface area contributed by atoms with E-state index in [0.29, 0.717) is 6.42 Å². The summed E-state index contributed by atoms with van der Waals surface area (Å²) in [6, 6.07) is 0. The van der Waals surface area contributed by atoms with Gasteiger partial charge in [-0.1, -0.05) is 64.7 Å². The Balaban J connectivity index is -0.000000213. The molecule has 6 nitrogen and oxygen atoms in total. The van der Waals surface area contributed by atoms with Crippen molar-refractivity contribution in [3.8, 4) is 0 Å². The molecule has 0 spiro atoms. The summed E-state index contributed by atoms with van der Waals surface area (Å²) < 4.78 is 14.3. The van der Waals surface area contributed by atoms with E-state index in [0.717, 1.165) is 12.8 Å². The average Bonchev–Trinajstić information content (AvgIpc) is 2.24. The van der Waals surface area contributed by atoms with E-state index in [2.05, 4.69) is 11.4 Å². The standard InChI is InChI=1S/C12H27O4P.K.H3N.Na.H2O/c1-2-3-4-5-6-7-8-9-10-11-12-16-17(13,14)15;;;;/h2-12H2,1H3,(H2,13,14,15);;1H3;;1H2/q;+1;;+1;/p-2. The molecule has 120 valence electrons. The molecule has 0 bridgehead atoms. The summed E-state index contributed by atoms with van der Waals surface area (Å²) in [5.74, 6) is 0. The fraction of sp³-hybridized carbons (Fsp3) is 1.00. The Kier molecular flexibility index (Phi) is 41.4. The first-order chi connectivity index (χ1) is 8.06. The molecule has 0 aliphatic heterocycles. The number of hydrogen-bond acceptors (Lipinski definition) is 5. The number of rotatable bonds is 12. The molecule has 0 aromatic rings. The molecular weight excluding hydrogens is 331 g/mol. The normalized spacial score (nSPS) is 9.67. The molecule has 9 heteroatoms. The Morgan fingerprint density at radius 3 is 1.52 bits per heavy atom. The van der Waals surface area contributed by atoms with E-state index in [9.17, 15) is 14.4 Å². The smallest absolute Gasteiger partial charge is 0.870 e. The first kappa shape index (κ1) is 34.9. The van der Waals surface area contributed by atoms with Gasteiger partial charge >= 0.3 is 80.9 Å². The minimum absolute atomic E-state index is 0. The van der Waals surface area contributed by atoms with Crippen LogP contribution in [0, 0.1) is 0 Å². The van der Waals surface area contributed by atoms with Crippen molar-refractivity contribution in [1.29, 1.82) is 0 Å². The molecule has 0 rings (SSSR count). The third-order valence-electron chi connectivity index (χ3n) is 2.75. The summed E-state index contributed by atoms with van der Waals surface area (Å²) in [4.78, 5) is 20.3.